The molecule has 0 aliphatic rings. The average Bonchev–Trinajstić information content (AvgIpc) is 3.33. The Bertz CT molecular complexity index is 1400. The number of hydrogen-bond donors (Lipinski definition) is 2. The number of nitrogens with one attached hydrogen (secondary N) is 2. The number of anilines is 2. The van der Waals surface area contributed by atoms with Gasteiger partial charge in [-0.15, -0.1) is 11.3 Å². The first-order chi connectivity index (χ1) is 18.0. The maximum atomic E-state index is 12.7. The standard InChI is InChI=1S/C29H26N2O5S/c1-3-35-29(34)26-23(20-10-5-4-6-11-20)18-37-28(26)31-25(32)17-36-22-15-13-21(14-16-22)27(33)30-24-12-8-7-9-19(24)2/h4-16,18H,3,17H2,1-2H3,(H,30,33)(H,31,32). The SMILES string of the molecule is CCOC(=O)c1c(-c2ccccc2)csc1NC(=O)COc1ccc(C(=O)Nc2ccccc2C)cc1. The fourth-order valence-electron chi connectivity index (χ4n) is 3.61. The summed E-state index contributed by atoms with van der Waals surface area (Å²) in [5.74, 6) is -0.729. The Labute approximate surface area is 219 Å². The van der Waals surface area contributed by atoms with Crippen LogP contribution in [0.15, 0.2) is 84.2 Å². The van der Waals surface area contributed by atoms with Gasteiger partial charge in [-0.25, -0.2) is 4.79 Å². The summed E-state index contributed by atoms with van der Waals surface area (Å²) in [6, 6.07) is 23.5. The summed E-state index contributed by atoms with van der Waals surface area (Å²) >= 11 is 1.25. The lowest BCUT2D eigenvalue weighted by Gasteiger charge is -2.10. The number of carbonyl (C=O) groups excluding carboxylic acids is 3. The smallest absolute Gasteiger partial charge is 0.341 e. The monoisotopic (exact) mass is 514 g/mol. The van der Waals surface area contributed by atoms with Gasteiger partial charge in [-0.2, -0.15) is 0 Å². The highest BCUT2D eigenvalue weighted by atomic mass is 32.1. The number of para-hydroxylation sites is 1. The van der Waals surface area contributed by atoms with E-state index < -0.39 is 11.9 Å². The van der Waals surface area contributed by atoms with Gasteiger partial charge in [0, 0.05) is 22.2 Å². The minimum absolute atomic E-state index is 0.221. The molecule has 3 aromatic carbocycles. The Morgan fingerprint density at radius 3 is 2.27 bits per heavy atom. The van der Waals surface area contributed by atoms with Crippen LogP contribution >= 0.6 is 11.3 Å². The molecule has 0 bridgehead atoms. The molecule has 0 atom stereocenters. The molecule has 37 heavy (non-hydrogen) atoms. The highest BCUT2D eigenvalue weighted by molar-refractivity contribution is 7.15. The van der Waals surface area contributed by atoms with Crippen LogP contribution in [0.5, 0.6) is 5.75 Å². The van der Waals surface area contributed by atoms with E-state index >= 15 is 0 Å². The molecular weight excluding hydrogens is 488 g/mol. The van der Waals surface area contributed by atoms with Crippen LogP contribution in [-0.2, 0) is 9.53 Å². The molecule has 2 N–H and O–H groups in total. The fraction of sp³-hybridized carbons (Fsp3) is 0.138. The van der Waals surface area contributed by atoms with E-state index in [0.29, 0.717) is 27.4 Å². The highest BCUT2D eigenvalue weighted by Crippen LogP contribution is 2.36. The number of ether oxygens (including phenoxy) is 2. The molecule has 0 saturated carbocycles. The number of amides is 2. The Morgan fingerprint density at radius 2 is 1.57 bits per heavy atom. The van der Waals surface area contributed by atoms with Gasteiger partial charge in [-0.05, 0) is 55.3 Å². The van der Waals surface area contributed by atoms with Gasteiger partial charge in [-0.1, -0.05) is 48.5 Å². The number of rotatable bonds is 9. The largest absolute Gasteiger partial charge is 0.484 e. The summed E-state index contributed by atoms with van der Waals surface area (Å²) in [4.78, 5) is 37.8. The summed E-state index contributed by atoms with van der Waals surface area (Å²) in [5, 5.41) is 7.86. The quantitative estimate of drug-likeness (QED) is 0.261. The molecule has 2 amide bonds. The van der Waals surface area contributed by atoms with Crippen molar-refractivity contribution in [3.63, 3.8) is 0 Å². The van der Waals surface area contributed by atoms with E-state index in [9.17, 15) is 14.4 Å². The average molecular weight is 515 g/mol. The molecule has 0 radical (unpaired) electrons. The maximum absolute atomic E-state index is 12.7. The van der Waals surface area contributed by atoms with Crippen LogP contribution in [-0.4, -0.2) is 31.0 Å². The minimum Gasteiger partial charge on any atom is -0.484 e. The molecule has 0 spiro atoms. The van der Waals surface area contributed by atoms with Crippen LogP contribution < -0.4 is 15.4 Å². The van der Waals surface area contributed by atoms with E-state index in [4.69, 9.17) is 9.47 Å². The number of aryl methyl sites for hydroxylation is 1. The van der Waals surface area contributed by atoms with Crippen LogP contribution in [0.3, 0.4) is 0 Å². The lowest BCUT2D eigenvalue weighted by atomic mass is 10.0. The van der Waals surface area contributed by atoms with E-state index in [-0.39, 0.29) is 19.1 Å². The zero-order chi connectivity index (χ0) is 26.2. The Morgan fingerprint density at radius 1 is 0.865 bits per heavy atom. The van der Waals surface area contributed by atoms with Gasteiger partial charge >= 0.3 is 5.97 Å². The van der Waals surface area contributed by atoms with Gasteiger partial charge in [0.25, 0.3) is 11.8 Å². The maximum Gasteiger partial charge on any atom is 0.341 e. The third kappa shape index (κ3) is 6.42. The third-order valence-corrected chi connectivity index (χ3v) is 6.38. The van der Waals surface area contributed by atoms with Gasteiger partial charge in [0.2, 0.25) is 0 Å². The number of hydrogen-bond acceptors (Lipinski definition) is 6. The summed E-state index contributed by atoms with van der Waals surface area (Å²) in [6.07, 6.45) is 0. The lowest BCUT2D eigenvalue weighted by molar-refractivity contribution is -0.118. The van der Waals surface area contributed by atoms with Crippen LogP contribution in [0.25, 0.3) is 11.1 Å². The second kappa shape index (κ2) is 12.0. The van der Waals surface area contributed by atoms with Gasteiger partial charge in [-0.3, -0.25) is 9.59 Å². The molecule has 1 aromatic heterocycles. The summed E-state index contributed by atoms with van der Waals surface area (Å²) < 4.78 is 10.8. The van der Waals surface area contributed by atoms with Crippen LogP contribution in [0.4, 0.5) is 10.7 Å². The van der Waals surface area contributed by atoms with Crippen molar-refractivity contribution in [2.75, 3.05) is 23.8 Å². The van der Waals surface area contributed by atoms with Gasteiger partial charge in [0.1, 0.15) is 16.3 Å². The number of esters is 1. The number of benzene rings is 3. The van der Waals surface area contributed by atoms with Crippen molar-refractivity contribution in [2.24, 2.45) is 0 Å². The first-order valence-corrected chi connectivity index (χ1v) is 12.6. The Hall–Kier alpha value is -4.43. The molecule has 1 heterocycles. The van der Waals surface area contributed by atoms with Crippen molar-refractivity contribution in [3.8, 4) is 16.9 Å². The molecule has 0 aliphatic heterocycles. The normalized spacial score (nSPS) is 10.4. The lowest BCUT2D eigenvalue weighted by Crippen LogP contribution is -2.21. The van der Waals surface area contributed by atoms with Crippen molar-refractivity contribution < 1.29 is 23.9 Å². The van der Waals surface area contributed by atoms with E-state index in [1.807, 2.05) is 66.9 Å². The second-order valence-electron chi connectivity index (χ2n) is 8.07. The van der Waals surface area contributed by atoms with Gasteiger partial charge in [0.05, 0.1) is 6.61 Å². The molecular formula is C29H26N2O5S. The number of thiophene rings is 1. The van der Waals surface area contributed by atoms with E-state index in [1.54, 1.807) is 31.2 Å². The first-order valence-electron chi connectivity index (χ1n) is 11.7. The summed E-state index contributed by atoms with van der Waals surface area (Å²) in [5.41, 5.74) is 4.04. The molecule has 0 fully saturated rings. The minimum atomic E-state index is -0.501. The Balaban J connectivity index is 1.39. The van der Waals surface area contributed by atoms with E-state index in [2.05, 4.69) is 10.6 Å². The van der Waals surface area contributed by atoms with Crippen LogP contribution in [0.2, 0.25) is 0 Å². The van der Waals surface area contributed by atoms with Crippen LogP contribution in [0.1, 0.15) is 33.2 Å². The molecule has 4 aromatic rings. The van der Waals surface area contributed by atoms with Crippen molar-refractivity contribution >= 4 is 39.8 Å². The van der Waals surface area contributed by atoms with Crippen molar-refractivity contribution in [3.05, 3.63) is 101 Å². The molecule has 7 nitrogen and oxygen atoms in total. The zero-order valence-corrected chi connectivity index (χ0v) is 21.3. The van der Waals surface area contributed by atoms with Crippen molar-refractivity contribution in [2.45, 2.75) is 13.8 Å². The second-order valence-corrected chi connectivity index (χ2v) is 8.95. The van der Waals surface area contributed by atoms with Crippen molar-refractivity contribution in [1.82, 2.24) is 0 Å². The topological polar surface area (TPSA) is 93.7 Å². The predicted molar refractivity (Wildman–Crippen MR) is 145 cm³/mol. The van der Waals surface area contributed by atoms with Crippen LogP contribution in [0, 0.1) is 6.92 Å². The van der Waals surface area contributed by atoms with Crippen molar-refractivity contribution in [1.29, 1.82) is 0 Å². The molecule has 8 heteroatoms. The number of carbonyl (C=O) groups is 3. The third-order valence-electron chi connectivity index (χ3n) is 5.49. The van der Waals surface area contributed by atoms with E-state index in [0.717, 1.165) is 16.8 Å². The molecule has 0 unspecified atom stereocenters. The van der Waals surface area contributed by atoms with Gasteiger partial charge in [0.15, 0.2) is 6.61 Å². The fourth-order valence-corrected chi connectivity index (χ4v) is 4.58. The Kier molecular flexibility index (Phi) is 8.33. The van der Waals surface area contributed by atoms with E-state index in [1.165, 1.54) is 11.3 Å². The highest BCUT2D eigenvalue weighted by Gasteiger charge is 2.23. The molecule has 4 rings (SSSR count). The molecule has 0 saturated heterocycles. The summed E-state index contributed by atoms with van der Waals surface area (Å²) in [6.45, 7) is 3.61. The van der Waals surface area contributed by atoms with Gasteiger partial charge < -0.3 is 20.1 Å². The first kappa shape index (κ1) is 25.7. The molecule has 0 aliphatic carbocycles. The summed E-state index contributed by atoms with van der Waals surface area (Å²) in [7, 11) is 0. The predicted octanol–water partition coefficient (Wildman–Crippen LogP) is 6.17. The zero-order valence-electron chi connectivity index (χ0n) is 20.4. The molecule has 188 valence electrons.